The quantitative estimate of drug-likeness (QED) is 0.857. The highest BCUT2D eigenvalue weighted by Crippen LogP contribution is 2.24. The van der Waals surface area contributed by atoms with E-state index in [1.54, 1.807) is 13.4 Å². The first-order chi connectivity index (χ1) is 9.81. The van der Waals surface area contributed by atoms with Crippen LogP contribution in [0.25, 0.3) is 0 Å². The van der Waals surface area contributed by atoms with Crippen molar-refractivity contribution in [3.05, 3.63) is 36.0 Å². The molecule has 1 unspecified atom stereocenters. The summed E-state index contributed by atoms with van der Waals surface area (Å²) in [5.74, 6) is 1.60. The molecule has 0 bridgehead atoms. The molecule has 20 heavy (non-hydrogen) atoms. The Balaban J connectivity index is 1.79. The van der Waals surface area contributed by atoms with E-state index in [4.69, 9.17) is 10.5 Å². The Bertz CT molecular complexity index is 566. The van der Waals surface area contributed by atoms with E-state index in [-0.39, 0.29) is 6.04 Å². The molecule has 1 atom stereocenters. The van der Waals surface area contributed by atoms with Gasteiger partial charge < -0.3 is 15.0 Å². The lowest BCUT2D eigenvalue weighted by Crippen LogP contribution is -2.39. The smallest absolute Gasteiger partial charge is 0.212 e. The Morgan fingerprint density at radius 2 is 2.30 bits per heavy atom. The number of ether oxygens (including phenoxy) is 1. The van der Waals surface area contributed by atoms with Crippen molar-refractivity contribution in [3.63, 3.8) is 0 Å². The topological polar surface area (TPSA) is 82.1 Å². The Labute approximate surface area is 117 Å². The number of nitrogens with two attached hydrogens (primary N) is 1. The number of aromatic nitrogens is 4. The van der Waals surface area contributed by atoms with E-state index in [9.17, 15) is 0 Å². The van der Waals surface area contributed by atoms with Crippen LogP contribution in [-0.4, -0.2) is 44.8 Å². The highest BCUT2D eigenvalue weighted by atomic mass is 16.5. The summed E-state index contributed by atoms with van der Waals surface area (Å²) < 4.78 is 7.17. The molecule has 1 aliphatic rings. The Hall–Kier alpha value is -1.99. The molecular formula is C13H18N6O. The molecule has 1 aliphatic heterocycles. The molecule has 7 nitrogen and oxygen atoms in total. The Kier molecular flexibility index (Phi) is 3.62. The highest BCUT2D eigenvalue weighted by molar-refractivity contribution is 5.21. The van der Waals surface area contributed by atoms with Crippen LogP contribution in [0.3, 0.4) is 0 Å². The van der Waals surface area contributed by atoms with Gasteiger partial charge in [-0.3, -0.25) is 4.90 Å². The standard InChI is InChI=1S/C13H18N6O/c1-20-13-3-2-10(7-15-13)11(6-14)18-4-5-19-9-16-17-12(19)8-18/h2-3,7,9,11H,4-6,8,14H2,1H3. The summed E-state index contributed by atoms with van der Waals surface area (Å²) in [6.45, 7) is 3.12. The SMILES string of the molecule is COc1ccc(C(CN)N2CCn3cnnc3C2)cn1. The molecule has 3 heterocycles. The molecule has 0 radical (unpaired) electrons. The number of pyridine rings is 1. The van der Waals surface area contributed by atoms with Crippen molar-refractivity contribution in [1.82, 2.24) is 24.6 Å². The van der Waals surface area contributed by atoms with Gasteiger partial charge >= 0.3 is 0 Å². The third kappa shape index (κ3) is 2.37. The number of fused-ring (bicyclic) bond motifs is 1. The molecule has 7 heteroatoms. The molecule has 3 rings (SSSR count). The summed E-state index contributed by atoms with van der Waals surface area (Å²) in [5, 5.41) is 8.08. The van der Waals surface area contributed by atoms with Crippen molar-refractivity contribution < 1.29 is 4.74 Å². The van der Waals surface area contributed by atoms with Crippen molar-refractivity contribution in [3.8, 4) is 5.88 Å². The lowest BCUT2D eigenvalue weighted by Gasteiger charge is -2.33. The predicted molar refractivity (Wildman–Crippen MR) is 73.0 cm³/mol. The van der Waals surface area contributed by atoms with Crippen LogP contribution in [0.4, 0.5) is 0 Å². The van der Waals surface area contributed by atoms with Crippen molar-refractivity contribution in [1.29, 1.82) is 0 Å². The van der Waals surface area contributed by atoms with Gasteiger partial charge in [-0.05, 0) is 5.56 Å². The summed E-state index contributed by atoms with van der Waals surface area (Å²) >= 11 is 0. The third-order valence-electron chi connectivity index (χ3n) is 3.69. The predicted octanol–water partition coefficient (Wildman–Crippen LogP) is 0.197. The van der Waals surface area contributed by atoms with Crippen LogP contribution in [0.2, 0.25) is 0 Å². The molecule has 0 aliphatic carbocycles. The Morgan fingerprint density at radius 1 is 1.40 bits per heavy atom. The van der Waals surface area contributed by atoms with Crippen molar-refractivity contribution in [2.24, 2.45) is 5.73 Å². The van der Waals surface area contributed by atoms with Gasteiger partial charge in [-0.15, -0.1) is 10.2 Å². The largest absolute Gasteiger partial charge is 0.481 e. The molecule has 2 N–H and O–H groups in total. The van der Waals surface area contributed by atoms with Gasteiger partial charge in [-0.25, -0.2) is 4.98 Å². The summed E-state index contributed by atoms with van der Waals surface area (Å²) in [6.07, 6.45) is 3.61. The highest BCUT2D eigenvalue weighted by Gasteiger charge is 2.25. The molecule has 0 saturated heterocycles. The van der Waals surface area contributed by atoms with Gasteiger partial charge in [0.1, 0.15) is 12.2 Å². The maximum absolute atomic E-state index is 5.96. The van der Waals surface area contributed by atoms with E-state index in [0.717, 1.165) is 31.0 Å². The fourth-order valence-electron chi connectivity index (χ4n) is 2.56. The maximum atomic E-state index is 5.96. The first kappa shape index (κ1) is 13.0. The van der Waals surface area contributed by atoms with Gasteiger partial charge in [0.05, 0.1) is 13.7 Å². The maximum Gasteiger partial charge on any atom is 0.212 e. The third-order valence-corrected chi connectivity index (χ3v) is 3.69. The number of hydrogen-bond acceptors (Lipinski definition) is 6. The zero-order valence-electron chi connectivity index (χ0n) is 11.4. The van der Waals surface area contributed by atoms with E-state index in [2.05, 4.69) is 24.6 Å². The van der Waals surface area contributed by atoms with E-state index in [1.165, 1.54) is 0 Å². The van der Waals surface area contributed by atoms with Crippen LogP contribution in [0, 0.1) is 0 Å². The van der Waals surface area contributed by atoms with Gasteiger partial charge in [0.2, 0.25) is 5.88 Å². The fraction of sp³-hybridized carbons (Fsp3) is 0.462. The number of hydrogen-bond donors (Lipinski definition) is 1. The van der Waals surface area contributed by atoms with E-state index in [1.807, 2.05) is 18.3 Å². The van der Waals surface area contributed by atoms with Crippen LogP contribution >= 0.6 is 0 Å². The van der Waals surface area contributed by atoms with Gasteiger partial charge in [0.25, 0.3) is 0 Å². The van der Waals surface area contributed by atoms with Gasteiger partial charge in [-0.2, -0.15) is 0 Å². The molecule has 2 aromatic heterocycles. The average Bonchev–Trinajstić information content (AvgIpc) is 2.96. The lowest BCUT2D eigenvalue weighted by atomic mass is 10.1. The molecule has 0 spiro atoms. The van der Waals surface area contributed by atoms with E-state index < -0.39 is 0 Å². The van der Waals surface area contributed by atoms with Crippen LogP contribution in [0.5, 0.6) is 5.88 Å². The molecular weight excluding hydrogens is 256 g/mol. The van der Waals surface area contributed by atoms with Crippen molar-refractivity contribution in [2.45, 2.75) is 19.1 Å². The monoisotopic (exact) mass is 274 g/mol. The van der Waals surface area contributed by atoms with E-state index in [0.29, 0.717) is 12.4 Å². The minimum Gasteiger partial charge on any atom is -0.481 e. The average molecular weight is 274 g/mol. The van der Waals surface area contributed by atoms with Gasteiger partial charge in [0.15, 0.2) is 0 Å². The van der Waals surface area contributed by atoms with Crippen LogP contribution in [-0.2, 0) is 13.1 Å². The fourth-order valence-corrected chi connectivity index (χ4v) is 2.56. The number of rotatable bonds is 4. The second-order valence-corrected chi connectivity index (χ2v) is 4.80. The summed E-state index contributed by atoms with van der Waals surface area (Å²) in [6, 6.07) is 4.02. The minimum absolute atomic E-state index is 0.138. The first-order valence-electron chi connectivity index (χ1n) is 6.62. The number of nitrogens with zero attached hydrogens (tertiary/aromatic N) is 5. The number of methoxy groups -OCH3 is 1. The minimum atomic E-state index is 0.138. The zero-order chi connectivity index (χ0) is 13.9. The van der Waals surface area contributed by atoms with Crippen LogP contribution in [0.1, 0.15) is 17.4 Å². The van der Waals surface area contributed by atoms with Gasteiger partial charge in [0, 0.05) is 37.9 Å². The molecule has 106 valence electrons. The summed E-state index contributed by atoms with van der Waals surface area (Å²) in [5.41, 5.74) is 7.06. The van der Waals surface area contributed by atoms with Crippen LogP contribution in [0.15, 0.2) is 24.7 Å². The second kappa shape index (κ2) is 5.56. The second-order valence-electron chi connectivity index (χ2n) is 4.80. The van der Waals surface area contributed by atoms with Crippen LogP contribution < -0.4 is 10.5 Å². The lowest BCUT2D eigenvalue weighted by molar-refractivity contribution is 0.156. The van der Waals surface area contributed by atoms with E-state index >= 15 is 0 Å². The molecule has 0 aromatic carbocycles. The normalized spacial score (nSPS) is 16.7. The summed E-state index contributed by atoms with van der Waals surface area (Å²) in [7, 11) is 1.61. The molecule has 0 saturated carbocycles. The Morgan fingerprint density at radius 3 is 3.00 bits per heavy atom. The van der Waals surface area contributed by atoms with Gasteiger partial charge in [-0.1, -0.05) is 6.07 Å². The summed E-state index contributed by atoms with van der Waals surface area (Å²) in [4.78, 5) is 6.57. The van der Waals surface area contributed by atoms with Crippen molar-refractivity contribution in [2.75, 3.05) is 20.2 Å². The zero-order valence-corrected chi connectivity index (χ0v) is 11.4. The molecule has 0 fully saturated rings. The molecule has 0 amide bonds. The van der Waals surface area contributed by atoms with Crippen molar-refractivity contribution >= 4 is 0 Å². The first-order valence-corrected chi connectivity index (χ1v) is 6.62. The molecule has 2 aromatic rings.